The van der Waals surface area contributed by atoms with Gasteiger partial charge < -0.3 is 14.8 Å². The Hall–Kier alpha value is -0.610. The van der Waals surface area contributed by atoms with Crippen LogP contribution in [-0.4, -0.2) is 32.4 Å². The summed E-state index contributed by atoms with van der Waals surface area (Å²) in [7, 11) is 0. The summed E-state index contributed by atoms with van der Waals surface area (Å²) >= 11 is 5.92. The Morgan fingerprint density at radius 2 is 1.89 bits per heavy atom. The van der Waals surface area contributed by atoms with Crippen LogP contribution in [-0.2, 0) is 9.47 Å². The first-order valence-electron chi connectivity index (χ1n) is 6.86. The van der Waals surface area contributed by atoms with Gasteiger partial charge in [0.05, 0.1) is 18.8 Å². The number of nitrogens with one attached hydrogen (secondary N) is 1. The lowest BCUT2D eigenvalue weighted by molar-refractivity contribution is -0.0468. The van der Waals surface area contributed by atoms with Crippen molar-refractivity contribution in [2.24, 2.45) is 0 Å². The molecule has 0 aliphatic carbocycles. The van der Waals surface area contributed by atoms with Crippen molar-refractivity contribution >= 4 is 11.6 Å². The van der Waals surface area contributed by atoms with Gasteiger partial charge in [-0.2, -0.15) is 0 Å². The van der Waals surface area contributed by atoms with Gasteiger partial charge in [0, 0.05) is 18.2 Å². The van der Waals surface area contributed by atoms with Crippen LogP contribution in [0.3, 0.4) is 0 Å². The van der Waals surface area contributed by atoms with E-state index in [1.165, 1.54) is 0 Å². The van der Waals surface area contributed by atoms with E-state index in [9.17, 15) is 0 Å². The predicted molar refractivity (Wildman–Crippen MR) is 79.8 cm³/mol. The Balaban J connectivity index is 2.62. The average Bonchev–Trinajstić information content (AvgIpc) is 2.42. The first kappa shape index (κ1) is 16.4. The fourth-order valence-corrected chi connectivity index (χ4v) is 1.93. The molecule has 0 heterocycles. The largest absolute Gasteiger partial charge is 0.379 e. The van der Waals surface area contributed by atoms with Gasteiger partial charge in [-0.3, -0.25) is 0 Å². The lowest BCUT2D eigenvalue weighted by Gasteiger charge is -2.23. The minimum atomic E-state index is 0.0210. The van der Waals surface area contributed by atoms with Crippen molar-refractivity contribution in [2.45, 2.75) is 33.0 Å². The van der Waals surface area contributed by atoms with Crippen LogP contribution in [0.15, 0.2) is 24.3 Å². The second-order valence-corrected chi connectivity index (χ2v) is 4.89. The van der Waals surface area contributed by atoms with Crippen LogP contribution in [0.1, 0.15) is 32.4 Å². The van der Waals surface area contributed by atoms with E-state index in [0.29, 0.717) is 13.2 Å². The average molecular weight is 286 g/mol. The maximum Gasteiger partial charge on any atom is 0.0954 e. The Labute approximate surface area is 121 Å². The van der Waals surface area contributed by atoms with Gasteiger partial charge in [0.15, 0.2) is 0 Å². The van der Waals surface area contributed by atoms with E-state index in [1.54, 1.807) is 0 Å². The second kappa shape index (κ2) is 9.32. The highest BCUT2D eigenvalue weighted by molar-refractivity contribution is 6.30. The van der Waals surface area contributed by atoms with Gasteiger partial charge in [-0.25, -0.2) is 0 Å². The standard InChI is InChI=1S/C15H24ClNO2/c1-4-17-10-15(19-12(3)11-18-5-2)13-6-8-14(16)9-7-13/h6-9,12,15,17H,4-5,10-11H2,1-3H3. The first-order chi connectivity index (χ1) is 9.17. The van der Waals surface area contributed by atoms with Crippen LogP contribution < -0.4 is 5.32 Å². The van der Waals surface area contributed by atoms with Crippen molar-refractivity contribution in [3.63, 3.8) is 0 Å². The normalized spacial score (nSPS) is 14.3. The molecule has 0 fully saturated rings. The molecule has 0 saturated carbocycles. The van der Waals surface area contributed by atoms with Crippen LogP contribution in [0.4, 0.5) is 0 Å². The summed E-state index contributed by atoms with van der Waals surface area (Å²) in [6, 6.07) is 7.81. The highest BCUT2D eigenvalue weighted by atomic mass is 35.5. The van der Waals surface area contributed by atoms with Crippen LogP contribution in [0.2, 0.25) is 5.02 Å². The topological polar surface area (TPSA) is 30.5 Å². The van der Waals surface area contributed by atoms with Crippen molar-refractivity contribution in [2.75, 3.05) is 26.3 Å². The molecule has 0 radical (unpaired) electrons. The molecule has 1 rings (SSSR count). The van der Waals surface area contributed by atoms with Gasteiger partial charge in [-0.05, 0) is 38.1 Å². The highest BCUT2D eigenvalue weighted by Crippen LogP contribution is 2.21. The molecule has 0 aromatic heterocycles. The second-order valence-electron chi connectivity index (χ2n) is 4.45. The van der Waals surface area contributed by atoms with Crippen LogP contribution >= 0.6 is 11.6 Å². The zero-order valence-electron chi connectivity index (χ0n) is 12.0. The smallest absolute Gasteiger partial charge is 0.0954 e. The van der Waals surface area contributed by atoms with Crippen LogP contribution in [0, 0.1) is 0 Å². The van der Waals surface area contributed by atoms with Gasteiger partial charge in [0.25, 0.3) is 0 Å². The third-order valence-electron chi connectivity index (χ3n) is 2.77. The minimum Gasteiger partial charge on any atom is -0.379 e. The third-order valence-corrected chi connectivity index (χ3v) is 3.03. The van der Waals surface area contributed by atoms with Gasteiger partial charge in [0.1, 0.15) is 0 Å². The van der Waals surface area contributed by atoms with E-state index in [4.69, 9.17) is 21.1 Å². The number of ether oxygens (including phenoxy) is 2. The van der Waals surface area contributed by atoms with Gasteiger partial charge in [0.2, 0.25) is 0 Å². The summed E-state index contributed by atoms with van der Waals surface area (Å²) in [6.07, 6.45) is 0.0898. The molecule has 1 aromatic rings. The van der Waals surface area contributed by atoms with E-state index >= 15 is 0 Å². The van der Waals surface area contributed by atoms with E-state index in [-0.39, 0.29) is 12.2 Å². The van der Waals surface area contributed by atoms with Gasteiger partial charge in [-0.15, -0.1) is 0 Å². The fraction of sp³-hybridized carbons (Fsp3) is 0.600. The maximum atomic E-state index is 6.05. The first-order valence-corrected chi connectivity index (χ1v) is 7.24. The van der Waals surface area contributed by atoms with E-state index < -0.39 is 0 Å². The van der Waals surface area contributed by atoms with Crippen molar-refractivity contribution in [3.05, 3.63) is 34.9 Å². The zero-order chi connectivity index (χ0) is 14.1. The Morgan fingerprint density at radius 3 is 2.47 bits per heavy atom. The van der Waals surface area contributed by atoms with Crippen molar-refractivity contribution < 1.29 is 9.47 Å². The summed E-state index contributed by atoms with van der Waals surface area (Å²) in [6.45, 7) is 9.15. The quantitative estimate of drug-likeness (QED) is 0.754. The van der Waals surface area contributed by atoms with Crippen LogP contribution in [0.5, 0.6) is 0 Å². The summed E-state index contributed by atoms with van der Waals surface area (Å²) in [5, 5.41) is 4.07. The summed E-state index contributed by atoms with van der Waals surface area (Å²) in [5.74, 6) is 0. The van der Waals surface area contributed by atoms with Gasteiger partial charge in [-0.1, -0.05) is 30.7 Å². The molecule has 0 saturated heterocycles. The SMILES string of the molecule is CCNCC(OC(C)COCC)c1ccc(Cl)cc1. The molecule has 0 aliphatic heterocycles. The zero-order valence-corrected chi connectivity index (χ0v) is 12.7. The Morgan fingerprint density at radius 1 is 1.21 bits per heavy atom. The molecule has 19 heavy (non-hydrogen) atoms. The Bertz CT molecular complexity index is 343. The van der Waals surface area contributed by atoms with Crippen LogP contribution in [0.25, 0.3) is 0 Å². The number of hydrogen-bond acceptors (Lipinski definition) is 3. The van der Waals surface area contributed by atoms with Crippen molar-refractivity contribution in [1.82, 2.24) is 5.32 Å². The number of rotatable bonds is 9. The molecule has 0 amide bonds. The number of hydrogen-bond donors (Lipinski definition) is 1. The summed E-state index contributed by atoms with van der Waals surface area (Å²) < 4.78 is 11.4. The summed E-state index contributed by atoms with van der Waals surface area (Å²) in [4.78, 5) is 0. The number of likely N-dealkylation sites (N-methyl/N-ethyl adjacent to an activating group) is 1. The molecular weight excluding hydrogens is 262 g/mol. The molecule has 1 aromatic carbocycles. The van der Waals surface area contributed by atoms with Crippen molar-refractivity contribution in [3.8, 4) is 0 Å². The molecular formula is C15H24ClNO2. The van der Waals surface area contributed by atoms with Gasteiger partial charge >= 0.3 is 0 Å². The third kappa shape index (κ3) is 6.39. The molecule has 3 nitrogen and oxygen atoms in total. The summed E-state index contributed by atoms with van der Waals surface area (Å²) in [5.41, 5.74) is 1.13. The lowest BCUT2D eigenvalue weighted by atomic mass is 10.1. The molecule has 4 heteroatoms. The van der Waals surface area contributed by atoms with E-state index in [2.05, 4.69) is 12.2 Å². The predicted octanol–water partition coefficient (Wildman–Crippen LogP) is 3.43. The minimum absolute atomic E-state index is 0.0210. The van der Waals surface area contributed by atoms with Crippen molar-refractivity contribution in [1.29, 1.82) is 0 Å². The monoisotopic (exact) mass is 285 g/mol. The maximum absolute atomic E-state index is 6.05. The van der Waals surface area contributed by atoms with E-state index in [1.807, 2.05) is 38.1 Å². The molecule has 108 valence electrons. The Kier molecular flexibility index (Phi) is 8.07. The number of benzene rings is 1. The molecule has 0 spiro atoms. The molecule has 1 N–H and O–H groups in total. The highest BCUT2D eigenvalue weighted by Gasteiger charge is 2.15. The lowest BCUT2D eigenvalue weighted by Crippen LogP contribution is -2.27. The molecule has 2 unspecified atom stereocenters. The number of halogens is 1. The molecule has 2 atom stereocenters. The molecule has 0 aliphatic rings. The molecule has 0 bridgehead atoms. The fourth-order valence-electron chi connectivity index (χ4n) is 1.80. The van der Waals surface area contributed by atoms with E-state index in [0.717, 1.165) is 23.7 Å².